The molecule has 0 aromatic heterocycles. The molecule has 17 heavy (non-hydrogen) atoms. The van der Waals surface area contributed by atoms with Gasteiger partial charge in [-0.1, -0.05) is 0 Å². The highest BCUT2D eigenvalue weighted by atomic mass is 79.9. The number of nitrogens with one attached hydrogen (secondary N) is 1. The Labute approximate surface area is 107 Å². The second-order valence-electron chi connectivity index (χ2n) is 3.45. The molecular weight excluding hydrogens is 293 g/mol. The van der Waals surface area contributed by atoms with Gasteiger partial charge in [0, 0.05) is 19.2 Å². The largest absolute Gasteiger partial charge is 0.389 e. The highest BCUT2D eigenvalue weighted by Crippen LogP contribution is 2.16. The molecule has 1 aromatic carbocycles. The summed E-state index contributed by atoms with van der Waals surface area (Å²) in [7, 11) is 1.46. The Morgan fingerprint density at radius 2 is 2.35 bits per heavy atom. The predicted octanol–water partition coefficient (Wildman–Crippen LogP) is 1.33. The third-order valence-corrected chi connectivity index (χ3v) is 2.65. The van der Waals surface area contributed by atoms with E-state index in [4.69, 9.17) is 4.74 Å². The fraction of sp³-hybridized carbons (Fsp3) is 0.364. The number of halogens is 2. The molecule has 0 aliphatic heterocycles. The molecule has 1 unspecified atom stereocenters. The molecule has 1 amide bonds. The Balaban J connectivity index is 2.55. The second-order valence-corrected chi connectivity index (χ2v) is 4.30. The van der Waals surface area contributed by atoms with E-state index in [1.54, 1.807) is 0 Å². The van der Waals surface area contributed by atoms with E-state index >= 15 is 0 Å². The molecule has 1 aromatic rings. The second kappa shape index (κ2) is 6.68. The first-order chi connectivity index (χ1) is 8.04. The van der Waals surface area contributed by atoms with E-state index in [0.717, 1.165) is 0 Å². The third kappa shape index (κ3) is 4.41. The van der Waals surface area contributed by atoms with Crippen LogP contribution in [-0.2, 0) is 4.74 Å². The molecule has 0 fully saturated rings. The van der Waals surface area contributed by atoms with Crippen LogP contribution in [0.2, 0.25) is 0 Å². The molecule has 2 N–H and O–H groups in total. The Bertz CT molecular complexity index is 400. The van der Waals surface area contributed by atoms with Crippen molar-refractivity contribution in [1.82, 2.24) is 5.32 Å². The molecule has 94 valence electrons. The highest BCUT2D eigenvalue weighted by molar-refractivity contribution is 9.10. The number of carbonyl (C=O) groups is 1. The molecule has 6 heteroatoms. The van der Waals surface area contributed by atoms with Crippen molar-refractivity contribution in [3.63, 3.8) is 0 Å². The lowest BCUT2D eigenvalue weighted by molar-refractivity contribution is 0.0610. The van der Waals surface area contributed by atoms with E-state index in [1.807, 2.05) is 0 Å². The van der Waals surface area contributed by atoms with Crippen molar-refractivity contribution in [3.8, 4) is 0 Å². The lowest BCUT2D eigenvalue weighted by atomic mass is 10.2. The van der Waals surface area contributed by atoms with Crippen molar-refractivity contribution in [2.45, 2.75) is 6.10 Å². The fourth-order valence-corrected chi connectivity index (χ4v) is 1.58. The van der Waals surface area contributed by atoms with Crippen LogP contribution in [0, 0.1) is 5.82 Å². The number of methoxy groups -OCH3 is 1. The summed E-state index contributed by atoms with van der Waals surface area (Å²) in [6.07, 6.45) is -0.757. The molecule has 4 nitrogen and oxygen atoms in total. The van der Waals surface area contributed by atoms with E-state index in [1.165, 1.54) is 25.3 Å². The summed E-state index contributed by atoms with van der Waals surface area (Å²) in [5, 5.41) is 11.9. The SMILES string of the molecule is COCC(O)CNC(=O)c1ccc(F)c(Br)c1. The standard InChI is InChI=1S/C11H13BrFNO3/c1-17-6-8(15)5-14-11(16)7-2-3-10(13)9(12)4-7/h2-4,8,15H,5-6H2,1H3,(H,14,16). The Kier molecular flexibility index (Phi) is 5.54. The monoisotopic (exact) mass is 305 g/mol. The highest BCUT2D eigenvalue weighted by Gasteiger charge is 2.10. The molecule has 0 spiro atoms. The number of rotatable bonds is 5. The molecule has 0 aliphatic carbocycles. The molecule has 0 bridgehead atoms. The van der Waals surface area contributed by atoms with Gasteiger partial charge in [0.15, 0.2) is 0 Å². The molecule has 0 aliphatic rings. The zero-order chi connectivity index (χ0) is 12.8. The molecule has 1 atom stereocenters. The average molecular weight is 306 g/mol. The fourth-order valence-electron chi connectivity index (χ4n) is 1.20. The normalized spacial score (nSPS) is 12.2. The number of hydrogen-bond acceptors (Lipinski definition) is 3. The first-order valence-electron chi connectivity index (χ1n) is 4.95. The zero-order valence-corrected chi connectivity index (χ0v) is 10.8. The van der Waals surface area contributed by atoms with E-state index in [0.29, 0.717) is 5.56 Å². The van der Waals surface area contributed by atoms with Gasteiger partial charge >= 0.3 is 0 Å². The van der Waals surface area contributed by atoms with Gasteiger partial charge in [-0.25, -0.2) is 4.39 Å². The van der Waals surface area contributed by atoms with Gasteiger partial charge in [0.2, 0.25) is 0 Å². The van der Waals surface area contributed by atoms with Gasteiger partial charge in [-0.3, -0.25) is 4.79 Å². The summed E-state index contributed by atoms with van der Waals surface area (Å²) in [5.41, 5.74) is 0.322. The third-order valence-electron chi connectivity index (χ3n) is 2.04. The van der Waals surface area contributed by atoms with Crippen LogP contribution in [-0.4, -0.2) is 37.4 Å². The molecule has 0 saturated heterocycles. The van der Waals surface area contributed by atoms with E-state index in [-0.39, 0.29) is 23.5 Å². The van der Waals surface area contributed by atoms with Crippen LogP contribution in [0.1, 0.15) is 10.4 Å². The Hall–Kier alpha value is -0.980. The van der Waals surface area contributed by atoms with Crippen molar-refractivity contribution in [3.05, 3.63) is 34.1 Å². The molecule has 1 rings (SSSR count). The van der Waals surface area contributed by atoms with Crippen LogP contribution in [0.4, 0.5) is 4.39 Å². The van der Waals surface area contributed by atoms with Crippen LogP contribution in [0.15, 0.2) is 22.7 Å². The summed E-state index contributed by atoms with van der Waals surface area (Å²) in [4.78, 5) is 11.6. The molecule has 0 heterocycles. The van der Waals surface area contributed by atoms with Crippen LogP contribution < -0.4 is 5.32 Å². The summed E-state index contributed by atoms with van der Waals surface area (Å²) in [6, 6.07) is 3.95. The maximum absolute atomic E-state index is 12.9. The number of benzene rings is 1. The van der Waals surface area contributed by atoms with Gasteiger partial charge < -0.3 is 15.2 Å². The molecule has 0 radical (unpaired) electrons. The van der Waals surface area contributed by atoms with Crippen LogP contribution in [0.5, 0.6) is 0 Å². The minimum Gasteiger partial charge on any atom is -0.389 e. The molecular formula is C11H13BrFNO3. The smallest absolute Gasteiger partial charge is 0.251 e. The first kappa shape index (κ1) is 14.1. The maximum atomic E-state index is 12.9. The van der Waals surface area contributed by atoms with Gasteiger partial charge in [0.05, 0.1) is 17.2 Å². The van der Waals surface area contributed by atoms with Crippen molar-refractivity contribution in [2.24, 2.45) is 0 Å². The number of aliphatic hydroxyl groups excluding tert-OH is 1. The minimum atomic E-state index is -0.757. The first-order valence-corrected chi connectivity index (χ1v) is 5.74. The maximum Gasteiger partial charge on any atom is 0.251 e. The van der Waals surface area contributed by atoms with Crippen molar-refractivity contribution in [1.29, 1.82) is 0 Å². The predicted molar refractivity (Wildman–Crippen MR) is 64.3 cm³/mol. The van der Waals surface area contributed by atoms with Crippen LogP contribution in [0.3, 0.4) is 0 Å². The van der Waals surface area contributed by atoms with Crippen LogP contribution >= 0.6 is 15.9 Å². The van der Waals surface area contributed by atoms with E-state index < -0.39 is 11.9 Å². The Morgan fingerprint density at radius 3 is 2.94 bits per heavy atom. The van der Waals surface area contributed by atoms with Crippen molar-refractivity contribution < 1.29 is 19.0 Å². The number of carbonyl (C=O) groups excluding carboxylic acids is 1. The summed E-state index contributed by atoms with van der Waals surface area (Å²) < 4.78 is 17.9. The quantitative estimate of drug-likeness (QED) is 0.863. The van der Waals surface area contributed by atoms with Crippen molar-refractivity contribution >= 4 is 21.8 Å². The Morgan fingerprint density at radius 1 is 1.65 bits per heavy atom. The summed E-state index contributed by atoms with van der Waals surface area (Å²) >= 11 is 2.99. The van der Waals surface area contributed by atoms with Crippen LogP contribution in [0.25, 0.3) is 0 Å². The topological polar surface area (TPSA) is 58.6 Å². The van der Waals surface area contributed by atoms with Gasteiger partial charge in [0.25, 0.3) is 5.91 Å². The summed E-state index contributed by atoms with van der Waals surface area (Å²) in [5.74, 6) is -0.804. The lowest BCUT2D eigenvalue weighted by Crippen LogP contribution is -2.34. The molecule has 0 saturated carbocycles. The van der Waals surface area contributed by atoms with Gasteiger partial charge in [-0.05, 0) is 34.1 Å². The summed E-state index contributed by atoms with van der Waals surface area (Å²) in [6.45, 7) is 0.231. The number of ether oxygens (including phenoxy) is 1. The number of aliphatic hydroxyl groups is 1. The average Bonchev–Trinajstić information content (AvgIpc) is 2.30. The van der Waals surface area contributed by atoms with Gasteiger partial charge in [0.1, 0.15) is 5.82 Å². The van der Waals surface area contributed by atoms with E-state index in [9.17, 15) is 14.3 Å². The number of amides is 1. The number of hydrogen-bond donors (Lipinski definition) is 2. The van der Waals surface area contributed by atoms with Gasteiger partial charge in [-0.2, -0.15) is 0 Å². The van der Waals surface area contributed by atoms with Gasteiger partial charge in [-0.15, -0.1) is 0 Å². The lowest BCUT2D eigenvalue weighted by Gasteiger charge is -2.10. The minimum absolute atomic E-state index is 0.0850. The van der Waals surface area contributed by atoms with E-state index in [2.05, 4.69) is 21.2 Å². The van der Waals surface area contributed by atoms with Crippen molar-refractivity contribution in [2.75, 3.05) is 20.3 Å². The zero-order valence-electron chi connectivity index (χ0n) is 9.24.